The zero-order valence-electron chi connectivity index (χ0n) is 11.7. The molecule has 1 aromatic carbocycles. The maximum atomic E-state index is 11.3. The summed E-state index contributed by atoms with van der Waals surface area (Å²) in [7, 11) is 0. The zero-order valence-corrected chi connectivity index (χ0v) is 14.2. The summed E-state index contributed by atoms with van der Waals surface area (Å²) in [5.74, 6) is 0. The van der Waals surface area contributed by atoms with Crippen LogP contribution in [0, 0.1) is 0 Å². The Kier molecular flexibility index (Phi) is 5.15. The van der Waals surface area contributed by atoms with Gasteiger partial charge in [0.25, 0.3) is 0 Å². The summed E-state index contributed by atoms with van der Waals surface area (Å²) in [6.45, 7) is 3.86. The maximum Gasteiger partial charge on any atom is 0.178 e. The van der Waals surface area contributed by atoms with Crippen LogP contribution in [-0.4, -0.2) is 33.5 Å². The Morgan fingerprint density at radius 1 is 1.25 bits per heavy atom. The van der Waals surface area contributed by atoms with E-state index in [4.69, 9.17) is 0 Å². The molecule has 1 saturated heterocycles. The molecule has 0 aromatic heterocycles. The van der Waals surface area contributed by atoms with E-state index >= 15 is 0 Å². The van der Waals surface area contributed by atoms with Crippen molar-refractivity contribution < 1.29 is 5.11 Å². The molecule has 3 nitrogen and oxygen atoms in total. The molecule has 0 amide bonds. The quantitative estimate of drug-likeness (QED) is 0.837. The molecule has 2 aliphatic heterocycles. The molecule has 0 spiro atoms. The summed E-state index contributed by atoms with van der Waals surface area (Å²) in [4.78, 5) is 6.77. The summed E-state index contributed by atoms with van der Waals surface area (Å²) in [5.41, 5.74) is 0.0584. The monoisotopic (exact) mass is 356 g/mol. The van der Waals surface area contributed by atoms with E-state index in [9.17, 15) is 5.11 Å². The summed E-state index contributed by atoms with van der Waals surface area (Å²) < 4.78 is 0. The first kappa shape index (κ1) is 15.9. The van der Waals surface area contributed by atoms with Crippen molar-refractivity contribution >= 4 is 33.9 Å². The molecule has 5 heteroatoms. The fourth-order valence-electron chi connectivity index (χ4n) is 2.87. The van der Waals surface area contributed by atoms with Gasteiger partial charge in [0.1, 0.15) is 0 Å². The number of nitrogens with zero attached hydrogens (tertiary/aromatic N) is 2. The van der Waals surface area contributed by atoms with Gasteiger partial charge in [-0.05, 0) is 26.2 Å². The van der Waals surface area contributed by atoms with Gasteiger partial charge in [0.15, 0.2) is 10.9 Å². The minimum Gasteiger partial charge on any atom is -0.366 e. The van der Waals surface area contributed by atoms with E-state index in [-0.39, 0.29) is 22.2 Å². The van der Waals surface area contributed by atoms with Gasteiger partial charge in [0, 0.05) is 18.7 Å². The number of hydrogen-bond acceptors (Lipinski definition) is 4. The van der Waals surface area contributed by atoms with E-state index in [2.05, 4.69) is 16.8 Å². The van der Waals surface area contributed by atoms with E-state index in [0.29, 0.717) is 0 Å². The van der Waals surface area contributed by atoms with Crippen LogP contribution in [0.4, 0.5) is 0 Å². The van der Waals surface area contributed by atoms with Crippen LogP contribution in [0.5, 0.6) is 0 Å². The van der Waals surface area contributed by atoms with Gasteiger partial charge in [-0.3, -0.25) is 4.99 Å². The van der Waals surface area contributed by atoms with Crippen molar-refractivity contribution in [2.24, 2.45) is 4.99 Å². The third kappa shape index (κ3) is 2.63. The van der Waals surface area contributed by atoms with Gasteiger partial charge in [-0.15, -0.1) is 17.0 Å². The minimum absolute atomic E-state index is 0. The van der Waals surface area contributed by atoms with Crippen LogP contribution < -0.4 is 0 Å². The van der Waals surface area contributed by atoms with Crippen molar-refractivity contribution in [3.8, 4) is 0 Å². The number of hydrogen-bond donors (Lipinski definition) is 1. The van der Waals surface area contributed by atoms with Crippen molar-refractivity contribution in [1.82, 2.24) is 4.90 Å². The van der Waals surface area contributed by atoms with Gasteiger partial charge in [-0.1, -0.05) is 42.1 Å². The first-order chi connectivity index (χ1) is 9.23. The number of thioether (sulfide) groups is 1. The molecule has 0 radical (unpaired) electrons. The predicted molar refractivity (Wildman–Crippen MR) is 90.6 cm³/mol. The summed E-state index contributed by atoms with van der Waals surface area (Å²) in [6.07, 6.45) is 3.48. The van der Waals surface area contributed by atoms with Crippen molar-refractivity contribution in [1.29, 1.82) is 0 Å². The average Bonchev–Trinajstić information content (AvgIpc) is 2.64. The number of rotatable bonds is 1. The fraction of sp³-hybridized carbons (Fsp3) is 0.533. The number of fused-ring (bicyclic) bond motifs is 1. The third-order valence-corrected chi connectivity index (χ3v) is 5.22. The maximum absolute atomic E-state index is 11.3. The molecule has 0 saturated carbocycles. The molecule has 1 fully saturated rings. The first-order valence-electron chi connectivity index (χ1n) is 6.99. The average molecular weight is 357 g/mol. The smallest absolute Gasteiger partial charge is 0.178 e. The van der Waals surface area contributed by atoms with Gasteiger partial charge >= 0.3 is 0 Å². The highest BCUT2D eigenvalue weighted by Crippen LogP contribution is 2.45. The van der Waals surface area contributed by atoms with Crippen LogP contribution in [0.2, 0.25) is 0 Å². The Morgan fingerprint density at radius 2 is 2.00 bits per heavy atom. The van der Waals surface area contributed by atoms with Crippen LogP contribution in [0.15, 0.2) is 35.3 Å². The molecule has 110 valence electrons. The van der Waals surface area contributed by atoms with Gasteiger partial charge < -0.3 is 10.0 Å². The molecular weight excluding hydrogens is 336 g/mol. The number of amidine groups is 1. The molecule has 0 aliphatic carbocycles. The molecular formula is C15H21BrN2OS. The third-order valence-electron chi connectivity index (χ3n) is 3.98. The van der Waals surface area contributed by atoms with Crippen LogP contribution in [0.1, 0.15) is 31.7 Å². The molecule has 2 unspecified atom stereocenters. The second kappa shape index (κ2) is 6.50. The number of aliphatic hydroxyl groups is 1. The standard InChI is InChI=1S/C15H20N2OS.BrH/c1-12-15(18,13-8-4-2-5-9-13)17-11-7-3-6-10-16-14(17)19-12;/h2,4-5,8-9,12,18H,3,6-7,10-11H2,1H3;1H. The summed E-state index contributed by atoms with van der Waals surface area (Å²) >= 11 is 1.70. The van der Waals surface area contributed by atoms with Gasteiger partial charge in [0.2, 0.25) is 0 Å². The highest BCUT2D eigenvalue weighted by atomic mass is 79.9. The molecule has 3 rings (SSSR count). The van der Waals surface area contributed by atoms with Gasteiger partial charge in [-0.25, -0.2) is 0 Å². The zero-order chi connectivity index (χ0) is 13.3. The molecule has 2 heterocycles. The van der Waals surface area contributed by atoms with E-state index in [1.54, 1.807) is 11.8 Å². The van der Waals surface area contributed by atoms with Crippen molar-refractivity contribution in [3.05, 3.63) is 35.9 Å². The van der Waals surface area contributed by atoms with E-state index in [1.807, 2.05) is 30.3 Å². The lowest BCUT2D eigenvalue weighted by Crippen LogP contribution is -2.48. The highest BCUT2D eigenvalue weighted by Gasteiger charge is 2.50. The lowest BCUT2D eigenvalue weighted by atomic mass is 9.97. The van der Waals surface area contributed by atoms with Crippen LogP contribution in [-0.2, 0) is 5.72 Å². The number of benzene rings is 1. The lowest BCUT2D eigenvalue weighted by Gasteiger charge is -2.37. The van der Waals surface area contributed by atoms with E-state index < -0.39 is 5.72 Å². The van der Waals surface area contributed by atoms with Gasteiger partial charge in [-0.2, -0.15) is 0 Å². The molecule has 20 heavy (non-hydrogen) atoms. The fourth-order valence-corrected chi connectivity index (χ4v) is 4.13. The van der Waals surface area contributed by atoms with Crippen LogP contribution in [0.3, 0.4) is 0 Å². The largest absolute Gasteiger partial charge is 0.366 e. The second-order valence-corrected chi connectivity index (χ2v) is 6.54. The normalized spacial score (nSPS) is 29.8. The Bertz CT molecular complexity index is 482. The SMILES string of the molecule is Br.CC1SC2=NCCCCCN2C1(O)c1ccccc1. The Balaban J connectivity index is 0.00000147. The van der Waals surface area contributed by atoms with Gasteiger partial charge in [0.05, 0.1) is 5.25 Å². The predicted octanol–water partition coefficient (Wildman–Crippen LogP) is 3.39. The second-order valence-electron chi connectivity index (χ2n) is 5.23. The molecule has 2 aliphatic rings. The minimum atomic E-state index is -0.915. The summed E-state index contributed by atoms with van der Waals surface area (Å²) in [6, 6.07) is 9.99. The number of aliphatic imine (C=N–C) groups is 1. The molecule has 2 atom stereocenters. The van der Waals surface area contributed by atoms with Crippen molar-refractivity contribution in [2.45, 2.75) is 37.2 Å². The molecule has 1 aromatic rings. The first-order valence-corrected chi connectivity index (χ1v) is 7.87. The topological polar surface area (TPSA) is 35.8 Å². The Morgan fingerprint density at radius 3 is 2.75 bits per heavy atom. The highest BCUT2D eigenvalue weighted by molar-refractivity contribution is 8.93. The summed E-state index contributed by atoms with van der Waals surface area (Å²) in [5, 5.41) is 12.4. The van der Waals surface area contributed by atoms with Crippen LogP contribution >= 0.6 is 28.7 Å². The van der Waals surface area contributed by atoms with Crippen molar-refractivity contribution in [2.75, 3.05) is 13.1 Å². The molecule has 0 bridgehead atoms. The van der Waals surface area contributed by atoms with E-state index in [1.165, 1.54) is 6.42 Å². The Hall–Kier alpha value is -0.520. The van der Waals surface area contributed by atoms with Crippen molar-refractivity contribution in [3.63, 3.8) is 0 Å². The van der Waals surface area contributed by atoms with E-state index in [0.717, 1.165) is 36.7 Å². The number of halogens is 1. The molecule has 1 N–H and O–H groups in total. The Labute approximate surface area is 135 Å². The lowest BCUT2D eigenvalue weighted by molar-refractivity contribution is -0.0681. The van der Waals surface area contributed by atoms with Crippen LogP contribution in [0.25, 0.3) is 0 Å².